The second kappa shape index (κ2) is 6.85. The van der Waals surface area contributed by atoms with Crippen molar-refractivity contribution < 1.29 is 18.0 Å². The second-order valence-corrected chi connectivity index (χ2v) is 6.08. The first-order valence-corrected chi connectivity index (χ1v) is 7.72. The SMILES string of the molecule is CCN(CCC(F)(F)F)C(=O)NC1CCN(CC2CC2)C1. The molecule has 2 amide bonds. The van der Waals surface area contributed by atoms with Crippen LogP contribution < -0.4 is 5.32 Å². The van der Waals surface area contributed by atoms with Crippen LogP contribution in [0.2, 0.25) is 0 Å². The monoisotopic (exact) mass is 307 g/mol. The van der Waals surface area contributed by atoms with Crippen LogP contribution in [0.5, 0.6) is 0 Å². The van der Waals surface area contributed by atoms with Gasteiger partial charge >= 0.3 is 12.2 Å². The fourth-order valence-electron chi connectivity index (χ4n) is 2.71. The largest absolute Gasteiger partial charge is 0.390 e. The van der Waals surface area contributed by atoms with Crippen LogP contribution in [0.3, 0.4) is 0 Å². The lowest BCUT2D eigenvalue weighted by Crippen LogP contribution is -2.46. The van der Waals surface area contributed by atoms with Gasteiger partial charge in [-0.15, -0.1) is 0 Å². The predicted octanol–water partition coefficient (Wildman–Crippen LogP) is 2.45. The van der Waals surface area contributed by atoms with Gasteiger partial charge in [0.2, 0.25) is 0 Å². The molecule has 0 aromatic rings. The number of carbonyl (C=O) groups excluding carboxylic acids is 1. The molecule has 1 aliphatic heterocycles. The van der Waals surface area contributed by atoms with E-state index in [0.29, 0.717) is 6.54 Å². The van der Waals surface area contributed by atoms with Crippen LogP contribution in [0.1, 0.15) is 32.6 Å². The van der Waals surface area contributed by atoms with Crippen molar-refractivity contribution in [2.24, 2.45) is 5.92 Å². The number of amides is 2. The minimum atomic E-state index is -4.22. The van der Waals surface area contributed by atoms with Crippen molar-refractivity contribution in [2.75, 3.05) is 32.7 Å². The molecule has 0 bridgehead atoms. The zero-order chi connectivity index (χ0) is 15.5. The van der Waals surface area contributed by atoms with Crippen LogP contribution in [0, 0.1) is 5.92 Å². The molecule has 0 radical (unpaired) electrons. The third-order valence-corrected chi connectivity index (χ3v) is 4.15. The van der Waals surface area contributed by atoms with Gasteiger partial charge in [0.1, 0.15) is 0 Å². The summed E-state index contributed by atoms with van der Waals surface area (Å²) in [7, 11) is 0. The van der Waals surface area contributed by atoms with Crippen LogP contribution in [0.15, 0.2) is 0 Å². The van der Waals surface area contributed by atoms with Gasteiger partial charge in [-0.25, -0.2) is 4.79 Å². The van der Waals surface area contributed by atoms with E-state index in [1.54, 1.807) is 6.92 Å². The molecule has 1 unspecified atom stereocenters. The summed E-state index contributed by atoms with van der Waals surface area (Å²) >= 11 is 0. The topological polar surface area (TPSA) is 35.6 Å². The van der Waals surface area contributed by atoms with Crippen molar-refractivity contribution in [2.45, 2.75) is 44.8 Å². The Bertz CT molecular complexity index is 358. The highest BCUT2D eigenvalue weighted by molar-refractivity contribution is 5.74. The summed E-state index contributed by atoms with van der Waals surface area (Å²) in [5.74, 6) is 0.818. The number of nitrogens with one attached hydrogen (secondary N) is 1. The van der Waals surface area contributed by atoms with Gasteiger partial charge in [-0.05, 0) is 32.1 Å². The molecule has 0 aromatic carbocycles. The molecule has 0 spiro atoms. The first-order chi connectivity index (χ1) is 9.87. The molecule has 7 heteroatoms. The fraction of sp³-hybridized carbons (Fsp3) is 0.929. The van der Waals surface area contributed by atoms with E-state index in [9.17, 15) is 18.0 Å². The van der Waals surface area contributed by atoms with E-state index >= 15 is 0 Å². The Morgan fingerprint density at radius 1 is 1.33 bits per heavy atom. The third kappa shape index (κ3) is 5.73. The minimum Gasteiger partial charge on any atom is -0.334 e. The van der Waals surface area contributed by atoms with Gasteiger partial charge in [0, 0.05) is 38.8 Å². The number of hydrogen-bond acceptors (Lipinski definition) is 2. The number of urea groups is 1. The van der Waals surface area contributed by atoms with Crippen LogP contribution in [0.4, 0.5) is 18.0 Å². The number of likely N-dealkylation sites (tertiary alicyclic amines) is 1. The van der Waals surface area contributed by atoms with Gasteiger partial charge in [-0.3, -0.25) is 0 Å². The standard InChI is InChI=1S/C14H24F3N3O/c1-2-20(8-6-14(15,16)17)13(21)18-12-5-7-19(10-12)9-11-3-4-11/h11-12H,2-10H2,1H3,(H,18,21). The summed E-state index contributed by atoms with van der Waals surface area (Å²) in [5, 5.41) is 2.87. The molecular weight excluding hydrogens is 283 g/mol. The number of hydrogen-bond donors (Lipinski definition) is 1. The highest BCUT2D eigenvalue weighted by Gasteiger charge is 2.31. The summed E-state index contributed by atoms with van der Waals surface area (Å²) in [4.78, 5) is 15.6. The molecule has 21 heavy (non-hydrogen) atoms. The molecule has 1 heterocycles. The number of rotatable bonds is 6. The maximum atomic E-state index is 12.2. The summed E-state index contributed by atoms with van der Waals surface area (Å²) in [6.07, 6.45) is -1.69. The second-order valence-electron chi connectivity index (χ2n) is 6.08. The molecule has 4 nitrogen and oxygen atoms in total. The number of carbonyl (C=O) groups is 1. The van der Waals surface area contributed by atoms with Crippen molar-refractivity contribution >= 4 is 6.03 Å². The normalized spacial score (nSPS) is 23.3. The number of nitrogens with zero attached hydrogens (tertiary/aromatic N) is 2. The molecule has 1 saturated heterocycles. The average molecular weight is 307 g/mol. The molecule has 0 aromatic heterocycles. The lowest BCUT2D eigenvalue weighted by atomic mass is 10.2. The van der Waals surface area contributed by atoms with Crippen molar-refractivity contribution in [1.29, 1.82) is 0 Å². The van der Waals surface area contributed by atoms with E-state index in [-0.39, 0.29) is 18.6 Å². The maximum absolute atomic E-state index is 12.2. The van der Waals surface area contributed by atoms with Gasteiger partial charge in [0.15, 0.2) is 0 Å². The fourth-order valence-corrected chi connectivity index (χ4v) is 2.71. The maximum Gasteiger partial charge on any atom is 0.390 e. The Morgan fingerprint density at radius 3 is 2.62 bits per heavy atom. The Morgan fingerprint density at radius 2 is 2.05 bits per heavy atom. The van der Waals surface area contributed by atoms with Gasteiger partial charge in [0.25, 0.3) is 0 Å². The molecule has 1 atom stereocenters. The first kappa shape index (κ1) is 16.4. The Kier molecular flexibility index (Phi) is 5.35. The minimum absolute atomic E-state index is 0.0659. The van der Waals surface area contributed by atoms with E-state index in [0.717, 1.165) is 32.0 Å². The van der Waals surface area contributed by atoms with Gasteiger partial charge in [-0.2, -0.15) is 13.2 Å². The average Bonchev–Trinajstić information content (AvgIpc) is 3.08. The Labute approximate surface area is 123 Å². The predicted molar refractivity (Wildman–Crippen MR) is 74.0 cm³/mol. The van der Waals surface area contributed by atoms with Crippen molar-refractivity contribution in [3.8, 4) is 0 Å². The van der Waals surface area contributed by atoms with Crippen molar-refractivity contribution in [1.82, 2.24) is 15.1 Å². The van der Waals surface area contributed by atoms with Crippen LogP contribution in [-0.2, 0) is 0 Å². The van der Waals surface area contributed by atoms with E-state index in [1.807, 2.05) is 0 Å². The van der Waals surface area contributed by atoms with E-state index in [2.05, 4.69) is 10.2 Å². The molecule has 1 N–H and O–H groups in total. The highest BCUT2D eigenvalue weighted by atomic mass is 19.4. The Hall–Kier alpha value is -0.980. The summed E-state index contributed by atoms with van der Waals surface area (Å²) < 4.78 is 36.7. The first-order valence-electron chi connectivity index (χ1n) is 7.72. The van der Waals surface area contributed by atoms with E-state index in [4.69, 9.17) is 0 Å². The van der Waals surface area contributed by atoms with Gasteiger partial charge in [-0.1, -0.05) is 0 Å². The zero-order valence-corrected chi connectivity index (χ0v) is 12.5. The summed E-state index contributed by atoms with van der Waals surface area (Å²) in [6, 6.07) is -0.309. The summed E-state index contributed by atoms with van der Waals surface area (Å²) in [5.41, 5.74) is 0. The molecule has 2 aliphatic rings. The summed E-state index contributed by atoms with van der Waals surface area (Å²) in [6.45, 7) is 4.60. The quantitative estimate of drug-likeness (QED) is 0.818. The highest BCUT2D eigenvalue weighted by Crippen LogP contribution is 2.30. The molecule has 2 rings (SSSR count). The van der Waals surface area contributed by atoms with E-state index in [1.165, 1.54) is 17.7 Å². The van der Waals surface area contributed by atoms with Crippen LogP contribution >= 0.6 is 0 Å². The molecular formula is C14H24F3N3O. The smallest absolute Gasteiger partial charge is 0.334 e. The third-order valence-electron chi connectivity index (χ3n) is 4.15. The zero-order valence-electron chi connectivity index (χ0n) is 12.5. The van der Waals surface area contributed by atoms with Gasteiger partial charge < -0.3 is 15.1 Å². The lowest BCUT2D eigenvalue weighted by molar-refractivity contribution is -0.136. The molecule has 122 valence electrons. The Balaban J connectivity index is 1.71. The van der Waals surface area contributed by atoms with E-state index < -0.39 is 12.6 Å². The molecule has 1 saturated carbocycles. The van der Waals surface area contributed by atoms with Crippen molar-refractivity contribution in [3.05, 3.63) is 0 Å². The van der Waals surface area contributed by atoms with Gasteiger partial charge in [0.05, 0.1) is 6.42 Å². The lowest BCUT2D eigenvalue weighted by Gasteiger charge is -2.24. The number of alkyl halides is 3. The number of halogens is 3. The van der Waals surface area contributed by atoms with Crippen molar-refractivity contribution in [3.63, 3.8) is 0 Å². The van der Waals surface area contributed by atoms with Crippen LogP contribution in [-0.4, -0.2) is 60.8 Å². The molecule has 1 aliphatic carbocycles. The molecule has 2 fully saturated rings. The van der Waals surface area contributed by atoms with Crippen LogP contribution in [0.25, 0.3) is 0 Å².